The van der Waals surface area contributed by atoms with Crippen molar-refractivity contribution in [3.63, 3.8) is 0 Å². The number of fused-ring (bicyclic) bond motifs is 1. The first kappa shape index (κ1) is 22.5. The second-order valence-corrected chi connectivity index (χ2v) is 8.44. The summed E-state index contributed by atoms with van der Waals surface area (Å²) in [7, 11) is 0. The van der Waals surface area contributed by atoms with Crippen LogP contribution < -0.4 is 5.32 Å². The number of carbonyl (C=O) groups excluding carboxylic acids is 1. The number of nitrogens with one attached hydrogen (secondary N) is 1. The Morgan fingerprint density at radius 1 is 1.11 bits per heavy atom. The summed E-state index contributed by atoms with van der Waals surface area (Å²) in [6, 6.07) is 5.44. The Morgan fingerprint density at radius 3 is 2.69 bits per heavy atom. The van der Waals surface area contributed by atoms with Crippen molar-refractivity contribution in [1.29, 1.82) is 0 Å². The maximum Gasteiger partial charge on any atom is 0.253 e. The van der Waals surface area contributed by atoms with Gasteiger partial charge in [-0.15, -0.1) is 10.2 Å². The molecule has 4 heterocycles. The van der Waals surface area contributed by atoms with Gasteiger partial charge in [0.2, 0.25) is 0 Å². The highest BCUT2D eigenvalue weighted by molar-refractivity contribution is 5.97. The molecule has 35 heavy (non-hydrogen) atoms. The molecule has 0 bridgehead atoms. The topological polar surface area (TPSA) is 85.1 Å². The van der Waals surface area contributed by atoms with Gasteiger partial charge in [0.25, 0.3) is 5.91 Å². The number of pyridine rings is 3. The number of hydrogen-bond acceptors (Lipinski definition) is 5. The van der Waals surface area contributed by atoms with Gasteiger partial charge >= 0.3 is 0 Å². The van der Waals surface area contributed by atoms with Crippen LogP contribution in [0.4, 0.5) is 8.78 Å². The van der Waals surface area contributed by atoms with Crippen LogP contribution in [0.2, 0.25) is 0 Å². The van der Waals surface area contributed by atoms with Gasteiger partial charge < -0.3 is 5.32 Å². The standard InChI is InChI=1S/C26H22F2N6O/c1-15-8-9-22(29-12-15)20-10-18(26(35)31-16(2)23-21(28)11-19(27)13-30-23)14-34-24(32-33-25(20)34)17-6-4-3-5-7-17/h4,6-14,16H,3,5H2,1-2H3,(H,31,35)/t16-/m1/s1. The molecule has 0 spiro atoms. The lowest BCUT2D eigenvalue weighted by molar-refractivity contribution is 0.0938. The van der Waals surface area contributed by atoms with E-state index in [1.165, 1.54) is 0 Å². The van der Waals surface area contributed by atoms with Crippen molar-refractivity contribution in [2.75, 3.05) is 0 Å². The smallest absolute Gasteiger partial charge is 0.253 e. The van der Waals surface area contributed by atoms with Gasteiger partial charge in [0, 0.05) is 29.6 Å². The average Bonchev–Trinajstić information content (AvgIpc) is 3.28. The molecule has 4 aromatic rings. The summed E-state index contributed by atoms with van der Waals surface area (Å²) in [5.74, 6) is -1.45. The van der Waals surface area contributed by atoms with Gasteiger partial charge in [0.15, 0.2) is 11.5 Å². The Hall–Kier alpha value is -4.27. The molecular formula is C26H22F2N6O. The van der Waals surface area contributed by atoms with E-state index in [4.69, 9.17) is 0 Å². The van der Waals surface area contributed by atoms with Gasteiger partial charge in [-0.3, -0.25) is 19.2 Å². The van der Waals surface area contributed by atoms with Gasteiger partial charge in [-0.2, -0.15) is 0 Å². The van der Waals surface area contributed by atoms with E-state index in [1.807, 2.05) is 25.1 Å². The Bertz CT molecular complexity index is 1490. The fourth-order valence-electron chi connectivity index (χ4n) is 4.00. The number of carbonyl (C=O) groups is 1. The van der Waals surface area contributed by atoms with Crippen LogP contribution in [0.5, 0.6) is 0 Å². The zero-order valence-corrected chi connectivity index (χ0v) is 19.2. The summed E-state index contributed by atoms with van der Waals surface area (Å²) >= 11 is 0. The number of hydrogen-bond donors (Lipinski definition) is 1. The van der Waals surface area contributed by atoms with Crippen molar-refractivity contribution < 1.29 is 13.6 Å². The molecule has 1 aliphatic rings. The van der Waals surface area contributed by atoms with Crippen molar-refractivity contribution in [2.24, 2.45) is 0 Å². The number of allylic oxidation sites excluding steroid dienone is 4. The van der Waals surface area contributed by atoms with E-state index in [0.29, 0.717) is 28.3 Å². The Kier molecular flexibility index (Phi) is 5.90. The number of nitrogens with zero attached hydrogens (tertiary/aromatic N) is 5. The summed E-state index contributed by atoms with van der Waals surface area (Å²) in [5, 5.41) is 11.5. The first-order valence-electron chi connectivity index (χ1n) is 11.2. The predicted molar refractivity (Wildman–Crippen MR) is 127 cm³/mol. The Balaban J connectivity index is 1.58. The van der Waals surface area contributed by atoms with Gasteiger partial charge in [0.05, 0.1) is 29.2 Å². The van der Waals surface area contributed by atoms with Crippen molar-refractivity contribution in [3.05, 3.63) is 95.4 Å². The van der Waals surface area contributed by atoms with E-state index in [2.05, 4.69) is 37.6 Å². The molecule has 1 amide bonds. The molecule has 0 aromatic carbocycles. The zero-order chi connectivity index (χ0) is 24.5. The molecule has 0 saturated carbocycles. The van der Waals surface area contributed by atoms with Crippen molar-refractivity contribution in [3.8, 4) is 11.3 Å². The molecule has 9 heteroatoms. The number of rotatable bonds is 5. The molecule has 5 rings (SSSR count). The minimum atomic E-state index is -0.824. The molecule has 0 unspecified atom stereocenters. The predicted octanol–water partition coefficient (Wildman–Crippen LogP) is 5.00. The third-order valence-corrected chi connectivity index (χ3v) is 5.80. The lowest BCUT2D eigenvalue weighted by Crippen LogP contribution is -2.28. The largest absolute Gasteiger partial charge is 0.344 e. The molecular weight excluding hydrogens is 450 g/mol. The molecule has 0 saturated heterocycles. The maximum absolute atomic E-state index is 14.2. The summed E-state index contributed by atoms with van der Waals surface area (Å²) in [4.78, 5) is 21.6. The summed E-state index contributed by atoms with van der Waals surface area (Å²) in [5.41, 5.74) is 4.01. The summed E-state index contributed by atoms with van der Waals surface area (Å²) in [6.07, 6.45) is 12.3. The Labute approximate surface area is 200 Å². The van der Waals surface area contributed by atoms with Crippen LogP contribution in [0.25, 0.3) is 22.5 Å². The molecule has 1 aliphatic carbocycles. The quantitative estimate of drug-likeness (QED) is 0.442. The fraction of sp³-hybridized carbons (Fsp3) is 0.192. The van der Waals surface area contributed by atoms with Crippen LogP contribution in [0.1, 0.15) is 53.2 Å². The third-order valence-electron chi connectivity index (χ3n) is 5.80. The van der Waals surface area contributed by atoms with Gasteiger partial charge in [0.1, 0.15) is 11.6 Å². The fourth-order valence-corrected chi connectivity index (χ4v) is 4.00. The number of aromatic nitrogens is 5. The van der Waals surface area contributed by atoms with Crippen LogP contribution in [0.15, 0.2) is 61.1 Å². The molecule has 0 fully saturated rings. The van der Waals surface area contributed by atoms with Crippen molar-refractivity contribution in [2.45, 2.75) is 32.7 Å². The first-order chi connectivity index (χ1) is 16.9. The SMILES string of the molecule is Cc1ccc(-c2cc(C(=O)N[C@H](C)c3ncc(F)cc3F)cn3c(C4=CCCC=C4)nnc23)nc1. The highest BCUT2D eigenvalue weighted by Gasteiger charge is 2.21. The van der Waals surface area contributed by atoms with E-state index in [9.17, 15) is 13.6 Å². The van der Waals surface area contributed by atoms with Crippen LogP contribution in [-0.4, -0.2) is 30.5 Å². The number of halogens is 2. The normalized spacial score (nSPS) is 14.1. The summed E-state index contributed by atoms with van der Waals surface area (Å²) in [6.45, 7) is 3.53. The van der Waals surface area contributed by atoms with Gasteiger partial charge in [-0.25, -0.2) is 8.78 Å². The van der Waals surface area contributed by atoms with E-state index in [0.717, 1.165) is 36.2 Å². The third kappa shape index (κ3) is 4.44. The average molecular weight is 472 g/mol. The first-order valence-corrected chi connectivity index (χ1v) is 11.2. The van der Waals surface area contributed by atoms with E-state index >= 15 is 0 Å². The van der Waals surface area contributed by atoms with Gasteiger partial charge in [-0.1, -0.05) is 24.3 Å². The number of amides is 1. The second kappa shape index (κ2) is 9.17. The Morgan fingerprint density at radius 2 is 1.97 bits per heavy atom. The highest BCUT2D eigenvalue weighted by Crippen LogP contribution is 2.28. The van der Waals surface area contributed by atoms with Gasteiger partial charge in [-0.05, 0) is 44.4 Å². The van der Waals surface area contributed by atoms with E-state index in [-0.39, 0.29) is 5.69 Å². The van der Waals surface area contributed by atoms with Crippen molar-refractivity contribution in [1.82, 2.24) is 29.9 Å². The molecule has 1 atom stereocenters. The number of aryl methyl sites for hydroxylation is 1. The second-order valence-electron chi connectivity index (χ2n) is 8.44. The molecule has 176 valence electrons. The summed E-state index contributed by atoms with van der Waals surface area (Å²) < 4.78 is 29.2. The minimum Gasteiger partial charge on any atom is -0.344 e. The molecule has 4 aromatic heterocycles. The molecule has 0 radical (unpaired) electrons. The lowest BCUT2D eigenvalue weighted by atomic mass is 10.1. The highest BCUT2D eigenvalue weighted by atomic mass is 19.1. The maximum atomic E-state index is 14.2. The van der Waals surface area contributed by atoms with Crippen LogP contribution in [0.3, 0.4) is 0 Å². The molecule has 7 nitrogen and oxygen atoms in total. The monoisotopic (exact) mass is 472 g/mol. The van der Waals surface area contributed by atoms with E-state index < -0.39 is 23.6 Å². The molecule has 1 N–H and O–H groups in total. The lowest BCUT2D eigenvalue weighted by Gasteiger charge is -2.15. The van der Waals surface area contributed by atoms with Crippen LogP contribution in [0, 0.1) is 18.6 Å². The van der Waals surface area contributed by atoms with Crippen molar-refractivity contribution >= 4 is 17.1 Å². The molecule has 0 aliphatic heterocycles. The van der Waals surface area contributed by atoms with E-state index in [1.54, 1.807) is 29.8 Å². The van der Waals surface area contributed by atoms with Crippen LogP contribution in [-0.2, 0) is 0 Å². The van der Waals surface area contributed by atoms with Crippen LogP contribution >= 0.6 is 0 Å². The minimum absolute atomic E-state index is 0.0521. The zero-order valence-electron chi connectivity index (χ0n) is 19.2.